The number of carbonyl (C=O) groups excluding carboxylic acids is 1. The predicted molar refractivity (Wildman–Crippen MR) is 72.8 cm³/mol. The third-order valence-corrected chi connectivity index (χ3v) is 2.72. The van der Waals surface area contributed by atoms with Crippen molar-refractivity contribution in [3.8, 4) is 0 Å². The van der Waals surface area contributed by atoms with E-state index in [1.807, 2.05) is 13.0 Å². The zero-order valence-corrected chi connectivity index (χ0v) is 11.1. The van der Waals surface area contributed by atoms with E-state index in [0.717, 1.165) is 18.5 Å². The van der Waals surface area contributed by atoms with Gasteiger partial charge in [0.2, 0.25) is 0 Å². The van der Waals surface area contributed by atoms with E-state index in [9.17, 15) is 4.79 Å². The number of hydrogen-bond acceptors (Lipinski definition) is 4. The molecule has 2 heterocycles. The summed E-state index contributed by atoms with van der Waals surface area (Å²) < 4.78 is 1.62. The number of hydrogen-bond donors (Lipinski definition) is 3. The number of aryl methyl sites for hydroxylation is 2. The number of rotatable bonds is 5. The maximum absolute atomic E-state index is 12.0. The Hall–Kier alpha value is -2.31. The lowest BCUT2D eigenvalue weighted by molar-refractivity contribution is 0.102. The number of H-pyrrole nitrogens is 1. The number of nitrogens with two attached hydrogens (primary N) is 1. The highest BCUT2D eigenvalue weighted by molar-refractivity contribution is 6.05. The normalized spacial score (nSPS) is 10.6. The highest BCUT2D eigenvalue weighted by Gasteiger charge is 2.15. The molecule has 0 aliphatic carbocycles. The van der Waals surface area contributed by atoms with E-state index in [1.54, 1.807) is 10.9 Å². The van der Waals surface area contributed by atoms with Gasteiger partial charge in [-0.15, -0.1) is 0 Å². The first kappa shape index (κ1) is 13.1. The van der Waals surface area contributed by atoms with Crippen molar-refractivity contribution < 1.29 is 4.79 Å². The minimum atomic E-state index is -0.348. The molecule has 2 aromatic rings. The molecule has 1 amide bonds. The Kier molecular flexibility index (Phi) is 3.84. The summed E-state index contributed by atoms with van der Waals surface area (Å²) in [5, 5.41) is 13.7. The van der Waals surface area contributed by atoms with Crippen LogP contribution in [0.2, 0.25) is 0 Å². The number of anilines is 2. The standard InChI is InChI=1S/C12H18N6O/c1-3-5-8-6-10(16-15-8)14-12(19)11-9(13)7-18(4-2)17-11/h6-7H,3-5,13H2,1-2H3,(H2,14,15,16,19). The van der Waals surface area contributed by atoms with Crippen molar-refractivity contribution in [3.63, 3.8) is 0 Å². The van der Waals surface area contributed by atoms with Crippen LogP contribution in [0.3, 0.4) is 0 Å². The van der Waals surface area contributed by atoms with Crippen LogP contribution in [0.5, 0.6) is 0 Å². The number of nitrogen functional groups attached to an aromatic ring is 1. The molecule has 7 nitrogen and oxygen atoms in total. The molecular formula is C12H18N6O. The second-order valence-corrected chi connectivity index (χ2v) is 4.27. The Morgan fingerprint density at radius 3 is 2.95 bits per heavy atom. The van der Waals surface area contributed by atoms with Gasteiger partial charge < -0.3 is 11.1 Å². The molecule has 0 saturated carbocycles. The third kappa shape index (κ3) is 2.93. The molecule has 2 rings (SSSR count). The fourth-order valence-corrected chi connectivity index (χ4v) is 1.77. The molecule has 0 atom stereocenters. The summed E-state index contributed by atoms with van der Waals surface area (Å²) in [6.07, 6.45) is 3.56. The quantitative estimate of drug-likeness (QED) is 0.758. The Morgan fingerprint density at radius 2 is 2.32 bits per heavy atom. The van der Waals surface area contributed by atoms with E-state index in [2.05, 4.69) is 27.5 Å². The van der Waals surface area contributed by atoms with Crippen molar-refractivity contribution in [2.45, 2.75) is 33.2 Å². The molecule has 7 heteroatoms. The molecular weight excluding hydrogens is 244 g/mol. The number of nitrogens with zero attached hydrogens (tertiary/aromatic N) is 3. The smallest absolute Gasteiger partial charge is 0.279 e. The molecule has 0 radical (unpaired) electrons. The van der Waals surface area contributed by atoms with Gasteiger partial charge in [0.05, 0.1) is 5.69 Å². The minimum Gasteiger partial charge on any atom is -0.396 e. The Balaban J connectivity index is 2.09. The molecule has 0 unspecified atom stereocenters. The van der Waals surface area contributed by atoms with Gasteiger partial charge in [-0.25, -0.2) is 0 Å². The predicted octanol–water partition coefficient (Wildman–Crippen LogP) is 1.41. The lowest BCUT2D eigenvalue weighted by Gasteiger charge is -1.98. The van der Waals surface area contributed by atoms with Crippen molar-refractivity contribution in [3.05, 3.63) is 23.7 Å². The maximum atomic E-state index is 12.0. The number of amides is 1. The van der Waals surface area contributed by atoms with Gasteiger partial charge in [0.15, 0.2) is 11.5 Å². The van der Waals surface area contributed by atoms with E-state index in [0.29, 0.717) is 18.1 Å². The van der Waals surface area contributed by atoms with Gasteiger partial charge >= 0.3 is 0 Å². The third-order valence-electron chi connectivity index (χ3n) is 2.72. The van der Waals surface area contributed by atoms with Crippen molar-refractivity contribution in [1.29, 1.82) is 0 Å². The minimum absolute atomic E-state index is 0.224. The van der Waals surface area contributed by atoms with E-state index in [-0.39, 0.29) is 11.6 Å². The second-order valence-electron chi connectivity index (χ2n) is 4.27. The van der Waals surface area contributed by atoms with Crippen molar-refractivity contribution in [2.75, 3.05) is 11.1 Å². The zero-order chi connectivity index (χ0) is 13.8. The van der Waals surface area contributed by atoms with Crippen molar-refractivity contribution >= 4 is 17.4 Å². The zero-order valence-electron chi connectivity index (χ0n) is 11.1. The van der Waals surface area contributed by atoms with Crippen LogP contribution in [-0.2, 0) is 13.0 Å². The lowest BCUT2D eigenvalue weighted by Crippen LogP contribution is -2.15. The van der Waals surface area contributed by atoms with E-state index >= 15 is 0 Å². The van der Waals surface area contributed by atoms with Gasteiger partial charge in [-0.1, -0.05) is 13.3 Å². The van der Waals surface area contributed by atoms with E-state index < -0.39 is 0 Å². The van der Waals surface area contributed by atoms with Crippen LogP contribution in [0.1, 0.15) is 36.5 Å². The fourth-order valence-electron chi connectivity index (χ4n) is 1.77. The first-order valence-corrected chi connectivity index (χ1v) is 6.32. The first-order chi connectivity index (χ1) is 9.13. The van der Waals surface area contributed by atoms with E-state index in [1.165, 1.54) is 0 Å². The Morgan fingerprint density at radius 1 is 1.53 bits per heavy atom. The molecule has 2 aromatic heterocycles. The van der Waals surface area contributed by atoms with E-state index in [4.69, 9.17) is 5.73 Å². The lowest BCUT2D eigenvalue weighted by atomic mass is 10.2. The summed E-state index contributed by atoms with van der Waals surface area (Å²) in [6.45, 7) is 4.68. The molecule has 19 heavy (non-hydrogen) atoms. The highest BCUT2D eigenvalue weighted by atomic mass is 16.2. The maximum Gasteiger partial charge on any atom is 0.279 e. The molecule has 0 fully saturated rings. The Labute approximate surface area is 111 Å². The highest BCUT2D eigenvalue weighted by Crippen LogP contribution is 2.13. The molecule has 0 bridgehead atoms. The van der Waals surface area contributed by atoms with Crippen LogP contribution >= 0.6 is 0 Å². The molecule has 102 valence electrons. The molecule has 0 aromatic carbocycles. The average molecular weight is 262 g/mol. The summed E-state index contributed by atoms with van der Waals surface area (Å²) in [5.41, 5.74) is 7.33. The van der Waals surface area contributed by atoms with Gasteiger partial charge in [-0.05, 0) is 13.3 Å². The molecule has 0 saturated heterocycles. The summed E-state index contributed by atoms with van der Waals surface area (Å²) >= 11 is 0. The topological polar surface area (TPSA) is 102 Å². The van der Waals surface area contributed by atoms with Gasteiger partial charge in [0.25, 0.3) is 5.91 Å². The Bertz CT molecular complexity index is 571. The average Bonchev–Trinajstić information content (AvgIpc) is 2.96. The molecule has 0 aliphatic rings. The summed E-state index contributed by atoms with van der Waals surface area (Å²) in [6, 6.07) is 1.81. The fraction of sp³-hybridized carbons (Fsp3) is 0.417. The van der Waals surface area contributed by atoms with Crippen LogP contribution in [0.4, 0.5) is 11.5 Å². The van der Waals surface area contributed by atoms with Crippen LogP contribution in [-0.4, -0.2) is 25.9 Å². The first-order valence-electron chi connectivity index (χ1n) is 6.32. The number of nitrogens with one attached hydrogen (secondary N) is 2. The van der Waals surface area contributed by atoms with Gasteiger partial charge in [0, 0.05) is 24.5 Å². The summed E-state index contributed by atoms with van der Waals surface area (Å²) in [7, 11) is 0. The summed E-state index contributed by atoms with van der Waals surface area (Å²) in [4.78, 5) is 12.0. The van der Waals surface area contributed by atoms with Gasteiger partial charge in [0.1, 0.15) is 0 Å². The van der Waals surface area contributed by atoms with Crippen LogP contribution in [0, 0.1) is 0 Å². The van der Waals surface area contributed by atoms with Gasteiger partial charge in [-0.3, -0.25) is 14.6 Å². The monoisotopic (exact) mass is 262 g/mol. The number of carbonyl (C=O) groups is 1. The number of aromatic amines is 1. The number of aromatic nitrogens is 4. The summed E-state index contributed by atoms with van der Waals surface area (Å²) in [5.74, 6) is 0.137. The largest absolute Gasteiger partial charge is 0.396 e. The van der Waals surface area contributed by atoms with Gasteiger partial charge in [-0.2, -0.15) is 10.2 Å². The molecule has 4 N–H and O–H groups in total. The molecule has 0 spiro atoms. The van der Waals surface area contributed by atoms with Crippen molar-refractivity contribution in [1.82, 2.24) is 20.0 Å². The van der Waals surface area contributed by atoms with Crippen LogP contribution < -0.4 is 11.1 Å². The van der Waals surface area contributed by atoms with Crippen LogP contribution in [0.25, 0.3) is 0 Å². The molecule has 0 aliphatic heterocycles. The van der Waals surface area contributed by atoms with Crippen LogP contribution in [0.15, 0.2) is 12.3 Å². The SMILES string of the molecule is CCCc1cc(NC(=O)c2nn(CC)cc2N)n[nH]1. The second kappa shape index (κ2) is 5.55. The van der Waals surface area contributed by atoms with Crippen molar-refractivity contribution in [2.24, 2.45) is 0 Å².